The molecule has 1 nitrogen and oxygen atoms in total. The molecular formula is C50H30O. The van der Waals surface area contributed by atoms with Crippen molar-refractivity contribution < 1.29 is 25.0 Å². The molecule has 0 aliphatic carbocycles. The van der Waals surface area contributed by atoms with Crippen LogP contribution in [0, 0.1) is 0 Å². The molecule has 0 aliphatic rings. The van der Waals surface area contributed by atoms with Gasteiger partial charge in [-0.1, -0.05) is 163 Å². The molecule has 1 aromatic heterocycles. The maximum atomic E-state index is 9.41. The summed E-state index contributed by atoms with van der Waals surface area (Å²) in [6, 6.07) is 19.1. The molecule has 1 heteroatoms. The van der Waals surface area contributed by atoms with E-state index < -0.39 is 107 Å². The molecule has 0 spiro atoms. The van der Waals surface area contributed by atoms with E-state index in [1.54, 1.807) is 12.1 Å². The van der Waals surface area contributed by atoms with Crippen molar-refractivity contribution in [3.8, 4) is 33.4 Å². The molecule has 0 radical (unpaired) electrons. The fraction of sp³-hybridized carbons (Fsp3) is 0. The summed E-state index contributed by atoms with van der Waals surface area (Å²) in [6.45, 7) is 0. The summed E-state index contributed by atoms with van der Waals surface area (Å²) in [4.78, 5) is 0. The second-order valence-electron chi connectivity index (χ2n) is 12.5. The predicted molar refractivity (Wildman–Crippen MR) is 218 cm³/mol. The van der Waals surface area contributed by atoms with E-state index in [1.165, 1.54) is 0 Å². The van der Waals surface area contributed by atoms with E-state index in [0.29, 0.717) is 10.9 Å². The minimum absolute atomic E-state index is 0.0361. The second kappa shape index (κ2) is 10.9. The summed E-state index contributed by atoms with van der Waals surface area (Å²) < 4.78 is 141. The van der Waals surface area contributed by atoms with Gasteiger partial charge in [-0.2, -0.15) is 0 Å². The third-order valence-electron chi connectivity index (χ3n) is 9.76. The zero-order chi connectivity index (χ0) is 46.5. The lowest BCUT2D eigenvalue weighted by atomic mass is 9.84. The molecule has 0 aliphatic heterocycles. The summed E-state index contributed by atoms with van der Waals surface area (Å²) in [5.41, 5.74) is 2.77. The van der Waals surface area contributed by atoms with Crippen LogP contribution in [-0.2, 0) is 0 Å². The van der Waals surface area contributed by atoms with E-state index in [-0.39, 0.29) is 32.7 Å². The highest BCUT2D eigenvalue weighted by Crippen LogP contribution is 2.46. The van der Waals surface area contributed by atoms with Crippen LogP contribution in [0.1, 0.15) is 20.6 Å². The molecule has 0 saturated heterocycles. The Bertz CT molecular complexity index is 3970. The van der Waals surface area contributed by atoms with Crippen LogP contribution in [0.5, 0.6) is 0 Å². The Balaban J connectivity index is 1.24. The number of para-hydroxylation sites is 1. The maximum absolute atomic E-state index is 9.41. The van der Waals surface area contributed by atoms with E-state index in [0.717, 1.165) is 49.2 Å². The van der Waals surface area contributed by atoms with E-state index in [4.69, 9.17) is 18.1 Å². The largest absolute Gasteiger partial charge is 0.455 e. The van der Waals surface area contributed by atoms with Crippen molar-refractivity contribution in [2.45, 2.75) is 0 Å². The first-order valence-electron chi connectivity index (χ1n) is 23.9. The average molecular weight is 662 g/mol. The Morgan fingerprint density at radius 1 is 0.373 bits per heavy atom. The van der Waals surface area contributed by atoms with Gasteiger partial charge in [-0.3, -0.25) is 0 Å². The van der Waals surface area contributed by atoms with Gasteiger partial charge in [0.1, 0.15) is 11.2 Å². The Kier molecular flexibility index (Phi) is 3.70. The van der Waals surface area contributed by atoms with Gasteiger partial charge in [0.25, 0.3) is 0 Å². The van der Waals surface area contributed by atoms with Crippen molar-refractivity contribution in [2.75, 3.05) is 0 Å². The van der Waals surface area contributed by atoms with Crippen LogP contribution in [0.4, 0.5) is 0 Å². The van der Waals surface area contributed by atoms with Gasteiger partial charge in [0.05, 0.1) is 20.6 Å². The lowest BCUT2D eigenvalue weighted by Crippen LogP contribution is -1.91. The second-order valence-corrected chi connectivity index (χ2v) is 12.5. The molecule has 0 saturated carbocycles. The third kappa shape index (κ3) is 4.22. The first kappa shape index (κ1) is 17.3. The molecule has 0 atom stereocenters. The average Bonchev–Trinajstić information content (AvgIpc) is 3.72. The van der Waals surface area contributed by atoms with Crippen LogP contribution in [0.3, 0.4) is 0 Å². The minimum Gasteiger partial charge on any atom is -0.455 e. The van der Waals surface area contributed by atoms with Gasteiger partial charge in [0.2, 0.25) is 0 Å². The molecular weight excluding hydrogens is 617 g/mol. The van der Waals surface area contributed by atoms with E-state index in [1.807, 2.05) is 66.7 Å². The highest BCUT2D eigenvalue weighted by molar-refractivity contribution is 6.24. The molecule has 0 fully saturated rings. The number of furan rings is 1. The van der Waals surface area contributed by atoms with Crippen molar-refractivity contribution in [3.63, 3.8) is 0 Å². The van der Waals surface area contributed by atoms with Gasteiger partial charge in [0, 0.05) is 16.3 Å². The Labute approximate surface area is 315 Å². The monoisotopic (exact) mass is 661 g/mol. The topological polar surface area (TPSA) is 13.1 Å². The smallest absolute Gasteiger partial charge is 0.143 e. The molecule has 0 N–H and O–H groups in total. The first-order valence-corrected chi connectivity index (χ1v) is 16.4. The van der Waals surface area contributed by atoms with Crippen LogP contribution in [0.25, 0.3) is 109 Å². The van der Waals surface area contributed by atoms with Gasteiger partial charge in [-0.05, 0) is 99.9 Å². The molecule has 0 amide bonds. The van der Waals surface area contributed by atoms with E-state index >= 15 is 0 Å². The normalized spacial score (nSPS) is 16.0. The lowest BCUT2D eigenvalue weighted by Gasteiger charge is -2.19. The van der Waals surface area contributed by atoms with Crippen LogP contribution < -0.4 is 0 Å². The van der Waals surface area contributed by atoms with E-state index in [9.17, 15) is 6.85 Å². The molecule has 10 aromatic carbocycles. The van der Waals surface area contributed by atoms with Crippen molar-refractivity contribution >= 4 is 75.8 Å². The Morgan fingerprint density at radius 2 is 0.980 bits per heavy atom. The molecule has 51 heavy (non-hydrogen) atoms. The summed E-state index contributed by atoms with van der Waals surface area (Å²) in [6.07, 6.45) is 0. The molecule has 0 bridgehead atoms. The Hall–Kier alpha value is -6.70. The number of hydrogen-bond acceptors (Lipinski definition) is 1. The van der Waals surface area contributed by atoms with Gasteiger partial charge in [-0.25, -0.2) is 0 Å². The zero-order valence-corrected chi connectivity index (χ0v) is 26.6. The first-order chi connectivity index (χ1) is 31.5. The number of benzene rings is 10. The van der Waals surface area contributed by atoms with Gasteiger partial charge in [0.15, 0.2) is 0 Å². The number of fused-ring (bicyclic) bond motifs is 9. The third-order valence-corrected chi connectivity index (χ3v) is 9.76. The fourth-order valence-electron chi connectivity index (χ4n) is 7.53. The summed E-state index contributed by atoms with van der Waals surface area (Å²) in [5.74, 6) is 0. The van der Waals surface area contributed by atoms with Gasteiger partial charge in [-0.15, -0.1) is 0 Å². The lowest BCUT2D eigenvalue weighted by molar-refractivity contribution is 0.670. The van der Waals surface area contributed by atoms with E-state index in [2.05, 4.69) is 12.1 Å². The van der Waals surface area contributed by atoms with Crippen molar-refractivity contribution in [3.05, 3.63) is 182 Å². The van der Waals surface area contributed by atoms with Crippen molar-refractivity contribution in [1.82, 2.24) is 0 Å². The number of rotatable bonds is 3. The van der Waals surface area contributed by atoms with Crippen LogP contribution in [-0.4, -0.2) is 0 Å². The SMILES string of the molecule is [2H]c1c([2H])c([2H])c2c(-c3c4c([2H])c([2H])c([2H])c([2H])c4c(-c4ccc5cc(-c6cccc7c6oc6ccc8ccccc8c67)ccc5c4)c4c([2H])c([2H])c([2H])c([2H])c34)c([2H])c([2H])c([2H])c2c1[2H]. The highest BCUT2D eigenvalue weighted by Gasteiger charge is 2.19. The molecule has 1 heterocycles. The van der Waals surface area contributed by atoms with Gasteiger partial charge < -0.3 is 4.42 Å². The maximum Gasteiger partial charge on any atom is 0.143 e. The Morgan fingerprint density at radius 3 is 1.76 bits per heavy atom. The predicted octanol–water partition coefficient (Wildman–Crippen LogP) is 14.4. The summed E-state index contributed by atoms with van der Waals surface area (Å²) in [5, 5.41) is 3.83. The van der Waals surface area contributed by atoms with Crippen LogP contribution in [0.2, 0.25) is 0 Å². The quantitative estimate of drug-likeness (QED) is 0.172. The fourth-order valence-corrected chi connectivity index (χ4v) is 7.53. The molecule has 0 unspecified atom stereocenters. The van der Waals surface area contributed by atoms with Crippen molar-refractivity contribution in [1.29, 1.82) is 0 Å². The standard InChI is InChI=1S/C50H30O/c1-3-14-37-31(11-1)13-9-21-40(37)48-43-18-7-5-16-41(43)47(42-17-6-8-19-44(42)48)36-26-24-33-29-35(25-23-34(33)30-36)39-20-10-22-45-49-38-15-4-2-12-32(38)27-28-46(49)51-50(39)45/h1-30H/i1D,3D,5D,6D,7D,8D,9D,11D,13D,14D,16D,17D,18D,19D,21D. The summed E-state index contributed by atoms with van der Waals surface area (Å²) in [7, 11) is 0. The van der Waals surface area contributed by atoms with Crippen molar-refractivity contribution in [2.24, 2.45) is 0 Å². The van der Waals surface area contributed by atoms with Gasteiger partial charge >= 0.3 is 0 Å². The number of hydrogen-bond donors (Lipinski definition) is 0. The van der Waals surface area contributed by atoms with Crippen LogP contribution in [0.15, 0.2) is 186 Å². The highest BCUT2D eigenvalue weighted by atomic mass is 16.3. The zero-order valence-electron chi connectivity index (χ0n) is 41.6. The summed E-state index contributed by atoms with van der Waals surface area (Å²) >= 11 is 0. The molecule has 236 valence electrons. The minimum atomic E-state index is -0.756. The van der Waals surface area contributed by atoms with Crippen LogP contribution >= 0.6 is 0 Å². The molecule has 11 aromatic rings. The molecule has 11 rings (SSSR count).